The molecule has 204 valence electrons. The molecule has 2 aromatic rings. The first-order valence-corrected chi connectivity index (χ1v) is 12.5. The Bertz CT molecular complexity index is 1100. The van der Waals surface area contributed by atoms with Crippen LogP contribution < -0.4 is 16.0 Å². The van der Waals surface area contributed by atoms with Gasteiger partial charge < -0.3 is 16.0 Å². The van der Waals surface area contributed by atoms with Gasteiger partial charge in [0.05, 0.1) is 18.2 Å². The van der Waals surface area contributed by atoms with Crippen LogP contribution in [0.4, 0.5) is 13.2 Å². The van der Waals surface area contributed by atoms with Gasteiger partial charge in [0.25, 0.3) is 5.91 Å². The fourth-order valence-corrected chi connectivity index (χ4v) is 4.35. The summed E-state index contributed by atoms with van der Waals surface area (Å²) in [5, 5.41) is 7.59. The highest BCUT2D eigenvalue weighted by Gasteiger charge is 2.42. The maximum atomic E-state index is 13.0. The van der Waals surface area contributed by atoms with Crippen LogP contribution in [-0.2, 0) is 32.1 Å². The van der Waals surface area contributed by atoms with Gasteiger partial charge in [-0.05, 0) is 50.3 Å². The van der Waals surface area contributed by atoms with E-state index in [-0.39, 0.29) is 38.6 Å². The van der Waals surface area contributed by atoms with Gasteiger partial charge in [0, 0.05) is 18.5 Å². The fourth-order valence-electron chi connectivity index (χ4n) is 4.35. The lowest BCUT2D eigenvalue weighted by atomic mass is 9.81. The lowest BCUT2D eigenvalue weighted by Gasteiger charge is -2.30. The standard InChI is InChI=1S/C27H31F3N4O4/c1-17(33-25(37)19-10-12-20(13-11-19)27(28,29)30)24(36)34-22(15-18-7-3-2-4-8-18)23(35)26(38)32-16-21-9-5-6-14-31-21/h2-9,14,17,19-20,22H,10-13,15-16H2,1H3,(H,32,38)(H,33,37)(H,34,36)/t17-,19?,20?,22-/m1/s1. The molecule has 3 amide bonds. The number of pyridine rings is 1. The molecule has 0 spiro atoms. The van der Waals surface area contributed by atoms with Crippen LogP contribution in [0.15, 0.2) is 54.7 Å². The van der Waals surface area contributed by atoms with Crippen molar-refractivity contribution in [3.63, 3.8) is 0 Å². The molecule has 0 saturated heterocycles. The molecular formula is C27H31F3N4O4. The Kier molecular flexibility index (Phi) is 9.98. The third-order valence-corrected chi connectivity index (χ3v) is 6.61. The van der Waals surface area contributed by atoms with E-state index < -0.39 is 53.6 Å². The van der Waals surface area contributed by atoms with Crippen molar-refractivity contribution in [2.45, 2.75) is 63.8 Å². The average molecular weight is 533 g/mol. The van der Waals surface area contributed by atoms with Crippen LogP contribution in [0.1, 0.15) is 43.9 Å². The van der Waals surface area contributed by atoms with Crippen molar-refractivity contribution < 1.29 is 32.3 Å². The Morgan fingerprint density at radius 1 is 0.947 bits per heavy atom. The van der Waals surface area contributed by atoms with Gasteiger partial charge in [0.2, 0.25) is 17.6 Å². The summed E-state index contributed by atoms with van der Waals surface area (Å²) in [5.41, 5.74) is 1.26. The van der Waals surface area contributed by atoms with Crippen LogP contribution in [0.3, 0.4) is 0 Å². The number of aromatic nitrogens is 1. The zero-order valence-electron chi connectivity index (χ0n) is 21.0. The molecule has 3 N–H and O–H groups in total. The highest BCUT2D eigenvalue weighted by atomic mass is 19.4. The zero-order valence-corrected chi connectivity index (χ0v) is 21.0. The summed E-state index contributed by atoms with van der Waals surface area (Å²) in [6, 6.07) is 11.7. The Morgan fingerprint density at radius 2 is 1.61 bits per heavy atom. The molecule has 1 aromatic heterocycles. The summed E-state index contributed by atoms with van der Waals surface area (Å²) in [6.45, 7) is 1.44. The van der Waals surface area contributed by atoms with E-state index in [1.165, 1.54) is 6.92 Å². The molecule has 1 aromatic carbocycles. The molecular weight excluding hydrogens is 501 g/mol. The van der Waals surface area contributed by atoms with E-state index in [0.29, 0.717) is 11.3 Å². The van der Waals surface area contributed by atoms with Crippen LogP contribution >= 0.6 is 0 Å². The topological polar surface area (TPSA) is 117 Å². The maximum Gasteiger partial charge on any atom is 0.391 e. The predicted octanol–water partition coefficient (Wildman–Crippen LogP) is 2.87. The highest BCUT2D eigenvalue weighted by Crippen LogP contribution is 2.39. The fraction of sp³-hybridized carbons (Fsp3) is 0.444. The number of halogens is 3. The normalized spacial score (nSPS) is 19.1. The molecule has 0 radical (unpaired) electrons. The third-order valence-electron chi connectivity index (χ3n) is 6.61. The minimum absolute atomic E-state index is 0.0282. The molecule has 8 nitrogen and oxygen atoms in total. The SMILES string of the molecule is C[C@@H](NC(=O)C1CCC(C(F)(F)F)CC1)C(=O)N[C@H](Cc1ccccc1)C(=O)C(=O)NCc1ccccn1. The summed E-state index contributed by atoms with van der Waals surface area (Å²) in [5.74, 6) is -4.98. The molecule has 0 bridgehead atoms. The first-order chi connectivity index (χ1) is 18.0. The molecule has 1 saturated carbocycles. The number of hydrogen-bond acceptors (Lipinski definition) is 5. The van der Waals surface area contributed by atoms with Gasteiger partial charge >= 0.3 is 6.18 Å². The van der Waals surface area contributed by atoms with E-state index in [1.54, 1.807) is 54.7 Å². The number of nitrogens with one attached hydrogen (secondary N) is 3. The third kappa shape index (κ3) is 8.39. The Labute approximate surface area is 218 Å². The Hall–Kier alpha value is -3.76. The van der Waals surface area contributed by atoms with E-state index in [4.69, 9.17) is 0 Å². The van der Waals surface area contributed by atoms with Gasteiger partial charge in [-0.1, -0.05) is 36.4 Å². The minimum Gasteiger partial charge on any atom is -0.344 e. The number of hydrogen-bond donors (Lipinski definition) is 3. The quantitative estimate of drug-likeness (QED) is 0.407. The van der Waals surface area contributed by atoms with Crippen molar-refractivity contribution >= 4 is 23.5 Å². The molecule has 0 unspecified atom stereocenters. The van der Waals surface area contributed by atoms with Gasteiger partial charge in [-0.25, -0.2) is 0 Å². The number of ketones is 1. The van der Waals surface area contributed by atoms with Gasteiger partial charge in [-0.3, -0.25) is 24.2 Å². The summed E-state index contributed by atoms with van der Waals surface area (Å²) >= 11 is 0. The predicted molar refractivity (Wildman–Crippen MR) is 132 cm³/mol. The van der Waals surface area contributed by atoms with E-state index >= 15 is 0 Å². The van der Waals surface area contributed by atoms with Gasteiger partial charge in [-0.15, -0.1) is 0 Å². The molecule has 3 rings (SSSR count). The minimum atomic E-state index is -4.28. The largest absolute Gasteiger partial charge is 0.391 e. The van der Waals surface area contributed by atoms with Crippen LogP contribution in [0.5, 0.6) is 0 Å². The lowest BCUT2D eigenvalue weighted by molar-refractivity contribution is -0.184. The first kappa shape index (κ1) is 28.8. The summed E-state index contributed by atoms with van der Waals surface area (Å²) in [7, 11) is 0. The van der Waals surface area contributed by atoms with E-state index in [1.807, 2.05) is 0 Å². The molecule has 1 heterocycles. The van der Waals surface area contributed by atoms with Crippen molar-refractivity contribution in [1.82, 2.24) is 20.9 Å². The van der Waals surface area contributed by atoms with Crippen molar-refractivity contribution in [3.8, 4) is 0 Å². The maximum absolute atomic E-state index is 13.0. The van der Waals surface area contributed by atoms with Crippen molar-refractivity contribution in [1.29, 1.82) is 0 Å². The summed E-state index contributed by atoms with van der Waals surface area (Å²) in [6.07, 6.45) is -2.79. The number of Topliss-reactive ketones (excluding diaryl/α,β-unsaturated/α-hetero) is 1. The number of alkyl halides is 3. The molecule has 0 aliphatic heterocycles. The summed E-state index contributed by atoms with van der Waals surface area (Å²) in [4.78, 5) is 55.1. The molecule has 1 aliphatic rings. The molecule has 11 heteroatoms. The first-order valence-electron chi connectivity index (χ1n) is 12.5. The van der Waals surface area contributed by atoms with Crippen LogP contribution in [0, 0.1) is 11.8 Å². The van der Waals surface area contributed by atoms with Crippen molar-refractivity contribution in [2.24, 2.45) is 11.8 Å². The number of benzene rings is 1. The second-order valence-corrected chi connectivity index (χ2v) is 9.44. The van der Waals surface area contributed by atoms with Crippen molar-refractivity contribution in [3.05, 3.63) is 66.0 Å². The van der Waals surface area contributed by atoms with Crippen LogP contribution in [-0.4, -0.2) is 46.7 Å². The Balaban J connectivity index is 1.59. The highest BCUT2D eigenvalue weighted by molar-refractivity contribution is 6.38. The second-order valence-electron chi connectivity index (χ2n) is 9.44. The lowest BCUT2D eigenvalue weighted by Crippen LogP contribution is -2.54. The zero-order chi connectivity index (χ0) is 27.7. The Morgan fingerprint density at radius 3 is 2.21 bits per heavy atom. The van der Waals surface area contributed by atoms with E-state index in [9.17, 15) is 32.3 Å². The number of carbonyl (C=O) groups is 4. The number of amides is 3. The molecule has 2 atom stereocenters. The van der Waals surface area contributed by atoms with Gasteiger partial charge in [-0.2, -0.15) is 13.2 Å². The molecule has 1 aliphatic carbocycles. The second kappa shape index (κ2) is 13.2. The number of carbonyl (C=O) groups excluding carboxylic acids is 4. The molecule has 1 fully saturated rings. The van der Waals surface area contributed by atoms with E-state index in [2.05, 4.69) is 20.9 Å². The monoisotopic (exact) mass is 532 g/mol. The smallest absolute Gasteiger partial charge is 0.344 e. The molecule has 38 heavy (non-hydrogen) atoms. The van der Waals surface area contributed by atoms with E-state index in [0.717, 1.165) is 0 Å². The number of nitrogens with zero attached hydrogens (tertiary/aromatic N) is 1. The summed E-state index contributed by atoms with van der Waals surface area (Å²) < 4.78 is 38.7. The van der Waals surface area contributed by atoms with Crippen molar-refractivity contribution in [2.75, 3.05) is 0 Å². The van der Waals surface area contributed by atoms with Gasteiger partial charge in [0.15, 0.2) is 0 Å². The van der Waals surface area contributed by atoms with Crippen LogP contribution in [0.25, 0.3) is 0 Å². The average Bonchev–Trinajstić information content (AvgIpc) is 2.91. The van der Waals surface area contributed by atoms with Gasteiger partial charge in [0.1, 0.15) is 12.1 Å². The number of rotatable bonds is 10. The van der Waals surface area contributed by atoms with Crippen LogP contribution in [0.2, 0.25) is 0 Å².